The first kappa shape index (κ1) is 21.3. The highest BCUT2D eigenvalue weighted by molar-refractivity contribution is 5.98. The standard InChI is InChI=1S/C24H21N5O5/c1-32-16-5-3-2-4-14(16)12-26-24-28-21-20(23(31)29-24)19(15(11-25)22(30)27-21)13-6-7-17-18(10-13)34-9-8-33-17/h2-7,10,15,19H,8-9,12H2,1H3,(H3,26,27,28,29,30,31). The highest BCUT2D eigenvalue weighted by Gasteiger charge is 2.40. The molecule has 0 bridgehead atoms. The summed E-state index contributed by atoms with van der Waals surface area (Å²) < 4.78 is 16.6. The Hall–Kier alpha value is -4.52. The van der Waals surface area contributed by atoms with Gasteiger partial charge in [-0.05, 0) is 23.8 Å². The van der Waals surface area contributed by atoms with Crippen LogP contribution < -0.4 is 30.4 Å². The Morgan fingerprint density at radius 3 is 2.76 bits per heavy atom. The van der Waals surface area contributed by atoms with E-state index in [0.717, 1.165) is 5.56 Å². The Labute approximate surface area is 194 Å². The van der Waals surface area contributed by atoms with Crippen molar-refractivity contribution >= 4 is 17.7 Å². The van der Waals surface area contributed by atoms with Crippen molar-refractivity contribution in [1.82, 2.24) is 9.97 Å². The van der Waals surface area contributed by atoms with Crippen LogP contribution in [0.25, 0.3) is 0 Å². The van der Waals surface area contributed by atoms with Gasteiger partial charge >= 0.3 is 0 Å². The number of nitriles is 1. The normalized spacial score (nSPS) is 18.3. The van der Waals surface area contributed by atoms with Gasteiger partial charge in [-0.1, -0.05) is 24.3 Å². The number of carbonyl (C=O) groups is 1. The van der Waals surface area contributed by atoms with E-state index in [-0.39, 0.29) is 17.3 Å². The van der Waals surface area contributed by atoms with Crippen LogP contribution >= 0.6 is 0 Å². The molecule has 0 radical (unpaired) electrons. The summed E-state index contributed by atoms with van der Waals surface area (Å²) >= 11 is 0. The zero-order valence-electron chi connectivity index (χ0n) is 18.3. The van der Waals surface area contributed by atoms with Crippen LogP contribution in [0, 0.1) is 17.2 Å². The molecule has 2 aromatic carbocycles. The number of aromatic amines is 1. The third-order valence-corrected chi connectivity index (χ3v) is 5.83. The second-order valence-corrected chi connectivity index (χ2v) is 7.82. The summed E-state index contributed by atoms with van der Waals surface area (Å²) in [5.74, 6) is -0.370. The minimum Gasteiger partial charge on any atom is -0.496 e. The number of ether oxygens (including phenoxy) is 3. The maximum atomic E-state index is 13.2. The fourth-order valence-corrected chi connectivity index (χ4v) is 4.24. The molecule has 2 atom stereocenters. The lowest BCUT2D eigenvalue weighted by Crippen LogP contribution is -2.38. The van der Waals surface area contributed by atoms with Crippen molar-refractivity contribution in [2.45, 2.75) is 12.5 Å². The van der Waals surface area contributed by atoms with E-state index in [1.165, 1.54) is 0 Å². The number of nitrogens with one attached hydrogen (secondary N) is 3. The minimum atomic E-state index is -1.11. The third-order valence-electron chi connectivity index (χ3n) is 5.83. The molecule has 2 aliphatic heterocycles. The van der Waals surface area contributed by atoms with Gasteiger partial charge in [-0.3, -0.25) is 14.6 Å². The van der Waals surface area contributed by atoms with Crippen molar-refractivity contribution < 1.29 is 19.0 Å². The topological polar surface area (TPSA) is 138 Å². The fraction of sp³-hybridized carbons (Fsp3) is 0.250. The number of nitrogens with zero attached hydrogens (tertiary/aromatic N) is 2. The van der Waals surface area contributed by atoms with Crippen LogP contribution in [-0.4, -0.2) is 36.2 Å². The lowest BCUT2D eigenvalue weighted by atomic mass is 9.79. The van der Waals surface area contributed by atoms with E-state index in [1.54, 1.807) is 25.3 Å². The molecule has 10 nitrogen and oxygen atoms in total. The fourth-order valence-electron chi connectivity index (χ4n) is 4.24. The SMILES string of the molecule is COc1ccccc1CNc1nc2c(c(=O)[nH]1)C(c1ccc3c(c1)OCCO3)C(C#N)C(=O)N2. The molecule has 1 aromatic heterocycles. The number of para-hydroxylation sites is 1. The Morgan fingerprint density at radius 2 is 1.97 bits per heavy atom. The molecular weight excluding hydrogens is 438 g/mol. The van der Waals surface area contributed by atoms with Crippen molar-refractivity contribution in [2.75, 3.05) is 31.0 Å². The number of benzene rings is 2. The summed E-state index contributed by atoms with van der Waals surface area (Å²) in [6.07, 6.45) is 0. The van der Waals surface area contributed by atoms with E-state index < -0.39 is 23.3 Å². The molecule has 0 saturated heterocycles. The molecule has 1 amide bonds. The van der Waals surface area contributed by atoms with E-state index in [2.05, 4.69) is 20.6 Å². The zero-order chi connectivity index (χ0) is 23.7. The van der Waals surface area contributed by atoms with Gasteiger partial charge in [0, 0.05) is 18.0 Å². The highest BCUT2D eigenvalue weighted by Crippen LogP contribution is 2.41. The van der Waals surface area contributed by atoms with Crippen LogP contribution in [0.4, 0.5) is 11.8 Å². The van der Waals surface area contributed by atoms with E-state index in [1.807, 2.05) is 30.3 Å². The predicted molar refractivity (Wildman–Crippen MR) is 122 cm³/mol. The zero-order valence-corrected chi connectivity index (χ0v) is 18.3. The van der Waals surface area contributed by atoms with Gasteiger partial charge in [0.1, 0.15) is 30.7 Å². The smallest absolute Gasteiger partial charge is 0.258 e. The van der Waals surface area contributed by atoms with Gasteiger partial charge in [0.05, 0.1) is 18.7 Å². The van der Waals surface area contributed by atoms with E-state index in [4.69, 9.17) is 14.2 Å². The van der Waals surface area contributed by atoms with Gasteiger partial charge in [-0.25, -0.2) is 0 Å². The molecule has 34 heavy (non-hydrogen) atoms. The summed E-state index contributed by atoms with van der Waals surface area (Å²) in [5.41, 5.74) is 1.22. The average Bonchev–Trinajstić information content (AvgIpc) is 2.86. The van der Waals surface area contributed by atoms with Crippen LogP contribution in [0.15, 0.2) is 47.3 Å². The molecule has 0 saturated carbocycles. The van der Waals surface area contributed by atoms with Gasteiger partial charge in [-0.2, -0.15) is 10.2 Å². The molecule has 3 heterocycles. The lowest BCUT2D eigenvalue weighted by molar-refractivity contribution is -0.119. The first-order valence-corrected chi connectivity index (χ1v) is 10.7. The van der Waals surface area contributed by atoms with Crippen LogP contribution in [0.2, 0.25) is 0 Å². The van der Waals surface area contributed by atoms with E-state index >= 15 is 0 Å². The Morgan fingerprint density at radius 1 is 1.18 bits per heavy atom. The summed E-state index contributed by atoms with van der Waals surface area (Å²) in [5, 5.41) is 15.4. The van der Waals surface area contributed by atoms with E-state index in [9.17, 15) is 14.9 Å². The molecular formula is C24H21N5O5. The molecule has 2 aliphatic rings. The summed E-state index contributed by atoms with van der Waals surface area (Å²) in [7, 11) is 1.58. The monoisotopic (exact) mass is 459 g/mol. The number of hydrogen-bond donors (Lipinski definition) is 3. The lowest BCUT2D eigenvalue weighted by Gasteiger charge is -2.29. The molecule has 10 heteroatoms. The number of amides is 1. The summed E-state index contributed by atoms with van der Waals surface area (Å²) in [6, 6.07) is 14.7. The molecule has 5 rings (SSSR count). The molecule has 0 spiro atoms. The number of aromatic nitrogens is 2. The number of rotatable bonds is 5. The molecule has 2 unspecified atom stereocenters. The number of hydrogen-bond acceptors (Lipinski definition) is 8. The van der Waals surface area contributed by atoms with Crippen molar-refractivity contribution in [3.63, 3.8) is 0 Å². The predicted octanol–water partition coefficient (Wildman–Crippen LogP) is 2.39. The number of fused-ring (bicyclic) bond motifs is 2. The Kier molecular flexibility index (Phi) is 5.51. The van der Waals surface area contributed by atoms with Crippen molar-refractivity contribution in [3.05, 3.63) is 69.5 Å². The summed E-state index contributed by atoms with van der Waals surface area (Å²) in [6.45, 7) is 1.17. The molecule has 0 fully saturated rings. The van der Waals surface area contributed by atoms with Crippen molar-refractivity contribution in [2.24, 2.45) is 5.92 Å². The van der Waals surface area contributed by atoms with Crippen LogP contribution in [0.3, 0.4) is 0 Å². The van der Waals surface area contributed by atoms with E-state index in [0.29, 0.717) is 42.6 Å². The van der Waals surface area contributed by atoms with Crippen LogP contribution in [0.1, 0.15) is 22.6 Å². The van der Waals surface area contributed by atoms with Crippen molar-refractivity contribution in [1.29, 1.82) is 5.26 Å². The summed E-state index contributed by atoms with van der Waals surface area (Å²) in [4.78, 5) is 33.1. The number of H-pyrrole nitrogens is 1. The molecule has 3 aromatic rings. The average molecular weight is 459 g/mol. The number of carbonyl (C=O) groups excluding carboxylic acids is 1. The van der Waals surface area contributed by atoms with Gasteiger partial charge in [-0.15, -0.1) is 0 Å². The number of anilines is 2. The van der Waals surface area contributed by atoms with Gasteiger partial charge < -0.3 is 24.8 Å². The Bertz CT molecular complexity index is 1360. The van der Waals surface area contributed by atoms with Crippen LogP contribution in [0.5, 0.6) is 17.2 Å². The van der Waals surface area contributed by atoms with Crippen LogP contribution in [-0.2, 0) is 11.3 Å². The maximum absolute atomic E-state index is 13.2. The maximum Gasteiger partial charge on any atom is 0.258 e. The highest BCUT2D eigenvalue weighted by atomic mass is 16.6. The van der Waals surface area contributed by atoms with Gasteiger partial charge in [0.15, 0.2) is 11.5 Å². The second kappa shape index (κ2) is 8.78. The minimum absolute atomic E-state index is 0.114. The molecule has 3 N–H and O–H groups in total. The molecule has 172 valence electrons. The molecule has 0 aliphatic carbocycles. The first-order valence-electron chi connectivity index (χ1n) is 10.7. The van der Waals surface area contributed by atoms with Gasteiger partial charge in [0.2, 0.25) is 11.9 Å². The second-order valence-electron chi connectivity index (χ2n) is 7.82. The first-order chi connectivity index (χ1) is 16.6. The Balaban J connectivity index is 1.51. The van der Waals surface area contributed by atoms with Crippen molar-refractivity contribution in [3.8, 4) is 23.3 Å². The van der Waals surface area contributed by atoms with Gasteiger partial charge in [0.25, 0.3) is 5.56 Å². The largest absolute Gasteiger partial charge is 0.496 e. The number of methoxy groups -OCH3 is 1. The third kappa shape index (κ3) is 3.77. The quantitative estimate of drug-likeness (QED) is 0.529.